The maximum atomic E-state index is 6.80. The second kappa shape index (κ2) is 11.2. The molecule has 1 atom stereocenters. The lowest BCUT2D eigenvalue weighted by Crippen LogP contribution is -2.33. The third-order valence-electron chi connectivity index (χ3n) is 9.97. The molecule has 4 heterocycles. The molecule has 0 saturated heterocycles. The molecule has 51 heavy (non-hydrogen) atoms. The minimum atomic E-state index is -0.401. The van der Waals surface area contributed by atoms with Crippen LogP contribution in [0, 0.1) is 0 Å². The summed E-state index contributed by atoms with van der Waals surface area (Å²) in [5, 5.41) is 11.0. The van der Waals surface area contributed by atoms with Crippen molar-refractivity contribution in [2.75, 3.05) is 0 Å². The molecule has 4 nitrogen and oxygen atoms in total. The lowest BCUT2D eigenvalue weighted by atomic mass is 10.0. The number of furan rings is 1. The number of nitrogens with one attached hydrogen (secondary N) is 1. The highest BCUT2D eigenvalue weighted by atomic mass is 32.1. The lowest BCUT2D eigenvalue weighted by Gasteiger charge is -2.23. The number of aliphatic imine (C=N–C) groups is 2. The summed E-state index contributed by atoms with van der Waals surface area (Å²) in [5.74, 6) is 1.48. The fraction of sp³-hybridized carbons (Fsp3) is 0.0222. The Labute approximate surface area is 300 Å². The van der Waals surface area contributed by atoms with Crippen molar-refractivity contribution in [2.45, 2.75) is 6.17 Å². The van der Waals surface area contributed by atoms with E-state index in [2.05, 4.69) is 139 Å². The zero-order chi connectivity index (χ0) is 33.5. The van der Waals surface area contributed by atoms with Crippen LogP contribution in [-0.2, 0) is 0 Å². The standard InChI is InChI=1S/C45H27N3OS2/c1-2-10-26(11-3-1)43-46-44(28-21-23-33-31-12-4-6-18-38(31)50-40(33)25-28)48-45(47-43)36-17-9-15-34-30-22-20-27(24-37(30)49-41(34)36)29-14-8-16-35-32-13-5-7-19-39(32)51-42(29)35/h1-25,45H,(H,46,47,48). The van der Waals surface area contributed by atoms with Crippen LogP contribution < -0.4 is 5.32 Å². The van der Waals surface area contributed by atoms with Crippen LogP contribution in [0.5, 0.6) is 0 Å². The van der Waals surface area contributed by atoms with Crippen LogP contribution in [0.3, 0.4) is 0 Å². The second-order valence-corrected chi connectivity index (χ2v) is 15.1. The topological polar surface area (TPSA) is 49.9 Å². The monoisotopic (exact) mass is 689 g/mol. The smallest absolute Gasteiger partial charge is 0.159 e. The van der Waals surface area contributed by atoms with Gasteiger partial charge in [-0.3, -0.25) is 0 Å². The van der Waals surface area contributed by atoms with Gasteiger partial charge in [0, 0.05) is 67.8 Å². The van der Waals surface area contributed by atoms with Crippen LogP contribution in [0.25, 0.3) is 73.4 Å². The number of rotatable bonds is 4. The molecule has 1 unspecified atom stereocenters. The summed E-state index contributed by atoms with van der Waals surface area (Å²) in [7, 11) is 0. The highest BCUT2D eigenvalue weighted by Gasteiger charge is 2.25. The molecule has 11 rings (SSSR count). The van der Waals surface area contributed by atoms with E-state index >= 15 is 0 Å². The number of para-hydroxylation sites is 1. The molecule has 0 amide bonds. The maximum Gasteiger partial charge on any atom is 0.159 e. The number of amidine groups is 2. The molecule has 1 aliphatic rings. The summed E-state index contributed by atoms with van der Waals surface area (Å²) in [5.41, 5.74) is 7.03. The normalized spacial score (nSPS) is 14.9. The van der Waals surface area contributed by atoms with E-state index in [1.54, 1.807) is 0 Å². The minimum Gasteiger partial charge on any atom is -0.456 e. The molecular weight excluding hydrogens is 663 g/mol. The van der Waals surface area contributed by atoms with Gasteiger partial charge >= 0.3 is 0 Å². The zero-order valence-corrected chi connectivity index (χ0v) is 28.8. The molecule has 0 fully saturated rings. The van der Waals surface area contributed by atoms with Gasteiger partial charge in [-0.2, -0.15) is 0 Å². The summed E-state index contributed by atoms with van der Waals surface area (Å²) in [6.07, 6.45) is -0.401. The fourth-order valence-corrected chi connectivity index (χ4v) is 9.91. The third-order valence-corrected chi connectivity index (χ3v) is 12.3. The van der Waals surface area contributed by atoms with Crippen molar-refractivity contribution in [3.8, 4) is 11.1 Å². The Balaban J connectivity index is 1.04. The van der Waals surface area contributed by atoms with E-state index in [0.717, 1.165) is 50.0 Å². The number of hydrogen-bond acceptors (Lipinski definition) is 6. The Hall–Kier alpha value is -6.08. The first-order chi connectivity index (χ1) is 25.2. The Morgan fingerprint density at radius 1 is 0.510 bits per heavy atom. The molecule has 0 aliphatic carbocycles. The first kappa shape index (κ1) is 28.7. The van der Waals surface area contributed by atoms with Crippen molar-refractivity contribution in [1.82, 2.24) is 5.32 Å². The van der Waals surface area contributed by atoms with Crippen LogP contribution in [0.4, 0.5) is 0 Å². The second-order valence-electron chi connectivity index (χ2n) is 13.0. The van der Waals surface area contributed by atoms with Gasteiger partial charge in [0.05, 0.1) is 0 Å². The van der Waals surface area contributed by atoms with Gasteiger partial charge < -0.3 is 9.73 Å². The number of fused-ring (bicyclic) bond motifs is 9. The zero-order valence-electron chi connectivity index (χ0n) is 27.1. The van der Waals surface area contributed by atoms with E-state index in [9.17, 15) is 0 Å². The van der Waals surface area contributed by atoms with E-state index in [0.29, 0.717) is 5.84 Å². The Morgan fingerprint density at radius 2 is 1.20 bits per heavy atom. The third kappa shape index (κ3) is 4.57. The fourth-order valence-electron chi connectivity index (χ4n) is 7.52. The van der Waals surface area contributed by atoms with Gasteiger partial charge in [-0.25, -0.2) is 9.98 Å². The van der Waals surface area contributed by atoms with Crippen molar-refractivity contribution in [3.63, 3.8) is 0 Å². The first-order valence-electron chi connectivity index (χ1n) is 17.0. The molecule has 0 radical (unpaired) electrons. The molecule has 0 bridgehead atoms. The van der Waals surface area contributed by atoms with Gasteiger partial charge in [0.15, 0.2) is 12.0 Å². The van der Waals surface area contributed by atoms with Gasteiger partial charge in [0.1, 0.15) is 17.0 Å². The Bertz CT molecular complexity index is 3070. The predicted octanol–water partition coefficient (Wildman–Crippen LogP) is 12.5. The summed E-state index contributed by atoms with van der Waals surface area (Å²) in [4.78, 5) is 10.3. The van der Waals surface area contributed by atoms with Crippen molar-refractivity contribution in [3.05, 3.63) is 168 Å². The average molecular weight is 690 g/mol. The van der Waals surface area contributed by atoms with Crippen molar-refractivity contribution in [2.24, 2.45) is 9.98 Å². The van der Waals surface area contributed by atoms with Crippen molar-refractivity contribution in [1.29, 1.82) is 0 Å². The highest BCUT2D eigenvalue weighted by molar-refractivity contribution is 7.26. The van der Waals surface area contributed by atoms with Crippen molar-refractivity contribution >= 4 is 96.6 Å². The number of thiophene rings is 2. The molecule has 240 valence electrons. The molecule has 1 N–H and O–H groups in total. The summed E-state index contributed by atoms with van der Waals surface area (Å²) >= 11 is 3.66. The highest BCUT2D eigenvalue weighted by Crippen LogP contribution is 2.42. The minimum absolute atomic E-state index is 0.401. The number of benzene rings is 7. The van der Waals surface area contributed by atoms with E-state index in [1.807, 2.05) is 40.9 Å². The van der Waals surface area contributed by atoms with Crippen molar-refractivity contribution < 1.29 is 4.42 Å². The first-order valence-corrected chi connectivity index (χ1v) is 18.6. The van der Waals surface area contributed by atoms with E-state index in [4.69, 9.17) is 14.4 Å². The van der Waals surface area contributed by atoms with E-state index in [1.165, 1.54) is 45.9 Å². The number of hydrogen-bond donors (Lipinski definition) is 1. The van der Waals surface area contributed by atoms with E-state index in [-0.39, 0.29) is 0 Å². The van der Waals surface area contributed by atoms with Crippen LogP contribution in [0.1, 0.15) is 22.9 Å². The molecule has 3 aromatic heterocycles. The van der Waals surface area contributed by atoms with Crippen LogP contribution >= 0.6 is 22.7 Å². The summed E-state index contributed by atoms with van der Waals surface area (Å²) < 4.78 is 11.9. The largest absolute Gasteiger partial charge is 0.456 e. The molecule has 1 aliphatic heterocycles. The summed E-state index contributed by atoms with van der Waals surface area (Å²) in [6, 6.07) is 53.7. The van der Waals surface area contributed by atoms with Gasteiger partial charge in [-0.1, -0.05) is 121 Å². The molecule has 7 aromatic carbocycles. The average Bonchev–Trinajstić information content (AvgIpc) is 3.88. The van der Waals surface area contributed by atoms with Gasteiger partial charge in [0.25, 0.3) is 0 Å². The molecule has 0 spiro atoms. The predicted molar refractivity (Wildman–Crippen MR) is 217 cm³/mol. The SMILES string of the molecule is c1ccc(C2=NC(c3cccc4c3oc3cc(-c5cccc6c5sc5ccccc56)ccc34)NC(c3ccc4c(c3)sc3ccccc34)=N2)cc1. The van der Waals surface area contributed by atoms with Gasteiger partial charge in [-0.05, 0) is 41.5 Å². The summed E-state index contributed by atoms with van der Waals surface area (Å²) in [6.45, 7) is 0. The van der Waals surface area contributed by atoms with Gasteiger partial charge in [0.2, 0.25) is 0 Å². The molecule has 6 heteroatoms. The lowest BCUT2D eigenvalue weighted by molar-refractivity contribution is 0.629. The molecule has 10 aromatic rings. The van der Waals surface area contributed by atoms with E-state index < -0.39 is 6.17 Å². The van der Waals surface area contributed by atoms with Crippen LogP contribution in [0.2, 0.25) is 0 Å². The van der Waals surface area contributed by atoms with Crippen LogP contribution in [-0.4, -0.2) is 11.7 Å². The van der Waals surface area contributed by atoms with Gasteiger partial charge in [-0.15, -0.1) is 22.7 Å². The molecular formula is C45H27N3OS2. The quantitative estimate of drug-likeness (QED) is 0.200. The Morgan fingerprint density at radius 3 is 2.08 bits per heavy atom. The van der Waals surface area contributed by atoms with Crippen LogP contribution in [0.15, 0.2) is 166 Å². The maximum absolute atomic E-state index is 6.80. The molecule has 0 saturated carbocycles. The Kier molecular flexibility index (Phi) is 6.32. The number of nitrogens with zero attached hydrogens (tertiary/aromatic N) is 2.